The molecule has 3 aromatic rings. The molecule has 2 saturated heterocycles. The van der Waals surface area contributed by atoms with E-state index < -0.39 is 42.3 Å². The van der Waals surface area contributed by atoms with Gasteiger partial charge >= 0.3 is 6.09 Å². The molecule has 4 heterocycles. The number of carbonyl (C=O) groups excluding carboxylic acids is 4. The number of carbonyl (C=O) groups is 4. The Morgan fingerprint density at radius 1 is 0.878 bits per heavy atom. The van der Waals surface area contributed by atoms with Gasteiger partial charge in [-0.2, -0.15) is 10.1 Å². The van der Waals surface area contributed by atoms with Crippen molar-refractivity contribution in [1.82, 2.24) is 20.4 Å². The molecule has 1 N–H and O–H groups in total. The number of ether oxygens (including phenoxy) is 1. The summed E-state index contributed by atoms with van der Waals surface area (Å²) in [5.74, 6) is -1.32. The Morgan fingerprint density at radius 3 is 2.15 bits per heavy atom. The molecule has 10 heteroatoms. The molecule has 3 aromatic carbocycles. The van der Waals surface area contributed by atoms with E-state index in [1.165, 1.54) is 5.01 Å². The number of β-lactam (4-membered cyclic amide) rings is 1. The van der Waals surface area contributed by atoms with Gasteiger partial charge in [0.05, 0.1) is 6.42 Å². The summed E-state index contributed by atoms with van der Waals surface area (Å²) in [6.45, 7) is 1.77. The zero-order valence-corrected chi connectivity index (χ0v) is 22.3. The highest BCUT2D eigenvalue weighted by atomic mass is 16.7. The molecule has 4 amide bonds. The molecule has 4 atom stereocenters. The quantitative estimate of drug-likeness (QED) is 0.372. The maximum atomic E-state index is 13.6. The second-order valence-corrected chi connectivity index (χ2v) is 10.1. The van der Waals surface area contributed by atoms with Crippen LogP contribution in [0.5, 0.6) is 0 Å². The van der Waals surface area contributed by atoms with Crippen molar-refractivity contribution in [2.24, 2.45) is 0 Å². The van der Waals surface area contributed by atoms with Crippen LogP contribution in [0.4, 0.5) is 4.79 Å². The third-order valence-electron chi connectivity index (χ3n) is 7.37. The highest BCUT2D eigenvalue weighted by Gasteiger charge is 2.63. The van der Waals surface area contributed by atoms with Crippen molar-refractivity contribution in [2.75, 3.05) is 0 Å². The molecule has 4 aliphatic rings. The lowest BCUT2D eigenvalue weighted by Crippen LogP contribution is -2.78. The molecule has 4 aliphatic heterocycles. The van der Waals surface area contributed by atoms with Crippen LogP contribution in [0.2, 0.25) is 0 Å². The van der Waals surface area contributed by atoms with Crippen LogP contribution < -0.4 is 5.32 Å². The minimum Gasteiger partial charge on any atom is -0.443 e. The van der Waals surface area contributed by atoms with Gasteiger partial charge in [0.1, 0.15) is 24.8 Å². The van der Waals surface area contributed by atoms with Crippen LogP contribution in [0.15, 0.2) is 103 Å². The highest BCUT2D eigenvalue weighted by molar-refractivity contribution is 5.97. The third-order valence-corrected chi connectivity index (χ3v) is 7.37. The molecule has 7 rings (SSSR count). The summed E-state index contributed by atoms with van der Waals surface area (Å²) in [7, 11) is 0. The third kappa shape index (κ3) is 4.93. The van der Waals surface area contributed by atoms with Gasteiger partial charge < -0.3 is 10.1 Å². The van der Waals surface area contributed by atoms with Crippen LogP contribution in [0.1, 0.15) is 28.4 Å². The average Bonchev–Trinajstić information content (AvgIpc) is 3.20. The van der Waals surface area contributed by atoms with E-state index in [1.807, 2.05) is 67.6 Å². The van der Waals surface area contributed by atoms with E-state index >= 15 is 0 Å². The predicted molar refractivity (Wildman–Crippen MR) is 146 cm³/mol. The number of hydrazine groups is 1. The topological polar surface area (TPSA) is 108 Å². The van der Waals surface area contributed by atoms with Crippen molar-refractivity contribution in [3.63, 3.8) is 0 Å². The van der Waals surface area contributed by atoms with Gasteiger partial charge in [-0.05, 0) is 41.8 Å². The van der Waals surface area contributed by atoms with Crippen molar-refractivity contribution in [3.8, 4) is 0 Å². The number of fused-ring (bicyclic) bond motifs is 1. The first-order valence-corrected chi connectivity index (χ1v) is 13.3. The zero-order chi connectivity index (χ0) is 28.5. The summed E-state index contributed by atoms with van der Waals surface area (Å²) in [6.07, 6.45) is -0.898. The molecule has 0 unspecified atom stereocenters. The van der Waals surface area contributed by atoms with Gasteiger partial charge in [0.2, 0.25) is 5.91 Å². The predicted octanol–water partition coefficient (Wildman–Crippen LogP) is 3.22. The van der Waals surface area contributed by atoms with Crippen molar-refractivity contribution >= 4 is 23.8 Å². The maximum Gasteiger partial charge on any atom is 0.431 e. The lowest BCUT2D eigenvalue weighted by molar-refractivity contribution is -0.185. The molecular formula is C31H28N4O6. The Balaban J connectivity index is 1.30. The van der Waals surface area contributed by atoms with Gasteiger partial charge in [0.25, 0.3) is 11.8 Å². The Morgan fingerprint density at radius 2 is 1.49 bits per heavy atom. The number of rotatable bonds is 6. The normalized spacial score (nSPS) is 22.7. The molecule has 2 fully saturated rings. The highest BCUT2D eigenvalue weighted by Crippen LogP contribution is 2.40. The SMILES string of the molecule is CC1=C[C@@H]2N(C(=O)c3ccccc3)O[C@@H]1[C@@H]1[C@H](NC(=O)Cc3ccccc3)C(=O)N1N2C(=O)OCc1ccccc1. The van der Waals surface area contributed by atoms with Crippen LogP contribution in [0.3, 0.4) is 0 Å². The first kappa shape index (κ1) is 26.3. The number of hydroxylamine groups is 2. The number of nitrogens with one attached hydrogen (secondary N) is 1. The number of nitrogens with zero attached hydrogens (tertiary/aromatic N) is 3. The van der Waals surface area contributed by atoms with Gasteiger partial charge in [0.15, 0.2) is 6.17 Å². The zero-order valence-electron chi connectivity index (χ0n) is 22.3. The molecule has 10 nitrogen and oxygen atoms in total. The lowest BCUT2D eigenvalue weighted by atomic mass is 9.88. The van der Waals surface area contributed by atoms with E-state index in [9.17, 15) is 19.2 Å². The van der Waals surface area contributed by atoms with Gasteiger partial charge in [-0.15, -0.1) is 0 Å². The number of hydrogen-bond acceptors (Lipinski definition) is 6. The largest absolute Gasteiger partial charge is 0.443 e. The van der Waals surface area contributed by atoms with Crippen LogP contribution in [0.25, 0.3) is 0 Å². The fourth-order valence-corrected chi connectivity index (χ4v) is 5.35. The Bertz CT molecular complexity index is 1500. The second kappa shape index (κ2) is 10.9. The van der Waals surface area contributed by atoms with E-state index in [0.717, 1.165) is 26.8 Å². The lowest BCUT2D eigenvalue weighted by Gasteiger charge is -2.50. The Labute approximate surface area is 236 Å². The molecule has 0 spiro atoms. The average molecular weight is 553 g/mol. The summed E-state index contributed by atoms with van der Waals surface area (Å²) < 4.78 is 5.62. The van der Waals surface area contributed by atoms with E-state index in [-0.39, 0.29) is 18.9 Å². The molecule has 0 aliphatic carbocycles. The minimum absolute atomic E-state index is 0.0353. The van der Waals surface area contributed by atoms with Gasteiger partial charge in [-0.1, -0.05) is 78.9 Å². The molecule has 0 radical (unpaired) electrons. The fraction of sp³-hybridized carbons (Fsp3) is 0.226. The molecule has 0 saturated carbocycles. The standard InChI is InChI=1S/C31H28N4O6/c1-20-17-25-33(31(39)40-19-22-13-7-3-8-14-22)34-27(28(20)41-35(25)29(37)23-15-9-4-10-16-23)26(30(34)38)32-24(36)18-21-11-5-2-6-12-21/h2-17,25-28H,18-19H2,1H3,(H,32,36)/t25-,26-,27-,28-/m0/s1. The Kier molecular flexibility index (Phi) is 6.98. The van der Waals surface area contributed by atoms with Crippen LogP contribution in [0, 0.1) is 0 Å². The summed E-state index contributed by atoms with van der Waals surface area (Å²) in [5, 5.41) is 6.29. The number of hydrogen-bond donors (Lipinski definition) is 1. The van der Waals surface area contributed by atoms with Crippen LogP contribution >= 0.6 is 0 Å². The molecule has 41 heavy (non-hydrogen) atoms. The Hall–Kier alpha value is -4.96. The van der Waals surface area contributed by atoms with Crippen LogP contribution in [-0.4, -0.2) is 63.2 Å². The first-order chi connectivity index (χ1) is 19.9. The van der Waals surface area contributed by atoms with Crippen molar-refractivity contribution < 1.29 is 28.8 Å². The molecule has 2 bridgehead atoms. The number of benzene rings is 3. The second-order valence-electron chi connectivity index (χ2n) is 10.1. The smallest absolute Gasteiger partial charge is 0.431 e. The van der Waals surface area contributed by atoms with E-state index in [2.05, 4.69) is 5.32 Å². The molecular weight excluding hydrogens is 524 g/mol. The monoisotopic (exact) mass is 552 g/mol. The van der Waals surface area contributed by atoms with Crippen LogP contribution in [-0.2, 0) is 32.2 Å². The van der Waals surface area contributed by atoms with E-state index in [0.29, 0.717) is 5.56 Å². The minimum atomic E-state index is -1.09. The summed E-state index contributed by atoms with van der Waals surface area (Å²) in [4.78, 5) is 59.9. The van der Waals surface area contributed by atoms with Gasteiger partial charge in [-0.25, -0.2) is 9.80 Å². The van der Waals surface area contributed by atoms with E-state index in [4.69, 9.17) is 9.57 Å². The molecule has 208 valence electrons. The van der Waals surface area contributed by atoms with Gasteiger partial charge in [0, 0.05) is 5.56 Å². The van der Waals surface area contributed by atoms with E-state index in [1.54, 1.807) is 36.4 Å². The summed E-state index contributed by atoms with van der Waals surface area (Å²) >= 11 is 0. The van der Waals surface area contributed by atoms with Crippen molar-refractivity contribution in [3.05, 3.63) is 119 Å². The number of amides is 4. The van der Waals surface area contributed by atoms with Gasteiger partial charge in [-0.3, -0.25) is 19.2 Å². The maximum absolute atomic E-state index is 13.6. The summed E-state index contributed by atoms with van der Waals surface area (Å²) in [6, 6.07) is 25.1. The fourth-order valence-electron chi connectivity index (χ4n) is 5.35. The van der Waals surface area contributed by atoms with Crippen molar-refractivity contribution in [1.29, 1.82) is 0 Å². The van der Waals surface area contributed by atoms with Crippen molar-refractivity contribution in [2.45, 2.75) is 44.3 Å². The molecule has 0 aromatic heterocycles. The summed E-state index contributed by atoms with van der Waals surface area (Å²) in [5.41, 5.74) is 2.63. The first-order valence-electron chi connectivity index (χ1n) is 13.3.